The molecular weight excluding hydrogens is 220 g/mol. The van der Waals surface area contributed by atoms with Crippen molar-refractivity contribution in [2.45, 2.75) is 50.5 Å². The molecule has 3 aliphatic rings. The summed E-state index contributed by atoms with van der Waals surface area (Å²) in [7, 11) is 0. The molecule has 92 valence electrons. The van der Waals surface area contributed by atoms with E-state index in [1.165, 1.54) is 0 Å². The van der Waals surface area contributed by atoms with Crippen molar-refractivity contribution in [2.24, 2.45) is 5.92 Å². The minimum atomic E-state index is -0.866. The zero-order valence-corrected chi connectivity index (χ0v) is 9.70. The molecule has 0 amide bonds. The third kappa shape index (κ3) is 1.58. The van der Waals surface area contributed by atoms with Gasteiger partial charge in [-0.2, -0.15) is 0 Å². The number of aliphatic hydroxyl groups is 1. The van der Waals surface area contributed by atoms with Crippen molar-refractivity contribution in [2.75, 3.05) is 0 Å². The minimum absolute atomic E-state index is 0.0570. The molecule has 2 saturated carbocycles. The Morgan fingerprint density at radius 3 is 2.47 bits per heavy atom. The molecule has 0 radical (unpaired) electrons. The summed E-state index contributed by atoms with van der Waals surface area (Å²) >= 11 is 0. The molecule has 1 heterocycles. The van der Waals surface area contributed by atoms with E-state index in [2.05, 4.69) is 0 Å². The molecule has 2 aliphatic carbocycles. The van der Waals surface area contributed by atoms with Gasteiger partial charge in [0.25, 0.3) is 0 Å². The molecule has 1 spiro atoms. The molecule has 0 bridgehead atoms. The lowest BCUT2D eigenvalue weighted by Gasteiger charge is -2.31. The van der Waals surface area contributed by atoms with Crippen LogP contribution in [0.25, 0.3) is 0 Å². The maximum atomic E-state index is 11.9. The standard InChI is InChI=1S/C13H16O4/c14-10(8-4-5-8)9-11(15)13(17-12(9)16)6-2-1-3-7-13/h8,15H,1-7H2. The van der Waals surface area contributed by atoms with Gasteiger partial charge in [-0.1, -0.05) is 6.42 Å². The predicted octanol–water partition coefficient (Wildman–Crippen LogP) is 2.04. The molecule has 0 unspecified atom stereocenters. The Kier molecular flexibility index (Phi) is 2.28. The highest BCUT2D eigenvalue weighted by Gasteiger charge is 2.52. The van der Waals surface area contributed by atoms with E-state index in [1.807, 2.05) is 0 Å². The highest BCUT2D eigenvalue weighted by Crippen LogP contribution is 2.44. The molecule has 4 nitrogen and oxygen atoms in total. The maximum Gasteiger partial charge on any atom is 0.346 e. The van der Waals surface area contributed by atoms with Crippen LogP contribution in [0, 0.1) is 5.92 Å². The number of ether oxygens (including phenoxy) is 1. The van der Waals surface area contributed by atoms with Gasteiger partial charge < -0.3 is 9.84 Å². The monoisotopic (exact) mass is 236 g/mol. The fraction of sp³-hybridized carbons (Fsp3) is 0.692. The summed E-state index contributed by atoms with van der Waals surface area (Å²) in [6.45, 7) is 0. The fourth-order valence-corrected chi connectivity index (χ4v) is 2.83. The molecule has 0 aromatic rings. The van der Waals surface area contributed by atoms with Crippen LogP contribution in [-0.4, -0.2) is 22.5 Å². The summed E-state index contributed by atoms with van der Waals surface area (Å²) in [4.78, 5) is 23.7. The summed E-state index contributed by atoms with van der Waals surface area (Å²) in [5.74, 6) is -0.964. The first kappa shape index (κ1) is 10.8. The van der Waals surface area contributed by atoms with Gasteiger partial charge in [0.05, 0.1) is 0 Å². The molecular formula is C13H16O4. The Morgan fingerprint density at radius 1 is 1.24 bits per heavy atom. The van der Waals surface area contributed by atoms with Gasteiger partial charge in [-0.05, 0) is 38.5 Å². The largest absolute Gasteiger partial charge is 0.507 e. The third-order valence-corrected chi connectivity index (χ3v) is 4.02. The number of carbonyl (C=O) groups excluding carboxylic acids is 2. The Morgan fingerprint density at radius 2 is 1.88 bits per heavy atom. The molecule has 0 saturated heterocycles. The zero-order valence-electron chi connectivity index (χ0n) is 9.70. The molecule has 1 aliphatic heterocycles. The number of esters is 1. The van der Waals surface area contributed by atoms with E-state index >= 15 is 0 Å². The van der Waals surface area contributed by atoms with Gasteiger partial charge >= 0.3 is 5.97 Å². The number of hydrogen-bond acceptors (Lipinski definition) is 4. The molecule has 0 atom stereocenters. The zero-order chi connectivity index (χ0) is 12.0. The average Bonchev–Trinajstić information content (AvgIpc) is 3.10. The lowest BCUT2D eigenvalue weighted by molar-refractivity contribution is -0.151. The van der Waals surface area contributed by atoms with Crippen LogP contribution in [0.15, 0.2) is 11.3 Å². The minimum Gasteiger partial charge on any atom is -0.507 e. The van der Waals surface area contributed by atoms with Crippen molar-refractivity contribution in [3.63, 3.8) is 0 Å². The average molecular weight is 236 g/mol. The predicted molar refractivity (Wildman–Crippen MR) is 59.3 cm³/mol. The van der Waals surface area contributed by atoms with Crippen molar-refractivity contribution in [1.82, 2.24) is 0 Å². The Hall–Kier alpha value is -1.32. The maximum absolute atomic E-state index is 11.9. The van der Waals surface area contributed by atoms with E-state index in [0.717, 1.165) is 32.1 Å². The second-order valence-electron chi connectivity index (χ2n) is 5.31. The molecule has 2 fully saturated rings. The van der Waals surface area contributed by atoms with Crippen molar-refractivity contribution in [3.8, 4) is 0 Å². The first-order chi connectivity index (χ1) is 8.14. The molecule has 4 heteroatoms. The van der Waals surface area contributed by atoms with E-state index in [0.29, 0.717) is 12.8 Å². The summed E-state index contributed by atoms with van der Waals surface area (Å²) in [6.07, 6.45) is 5.91. The number of carbonyl (C=O) groups is 2. The van der Waals surface area contributed by atoms with Gasteiger partial charge in [-0.25, -0.2) is 4.79 Å². The fourth-order valence-electron chi connectivity index (χ4n) is 2.83. The van der Waals surface area contributed by atoms with Gasteiger partial charge in [-0.15, -0.1) is 0 Å². The topological polar surface area (TPSA) is 63.6 Å². The highest BCUT2D eigenvalue weighted by atomic mass is 16.6. The second kappa shape index (κ2) is 3.59. The normalized spacial score (nSPS) is 27.4. The van der Waals surface area contributed by atoms with Gasteiger partial charge in [0.1, 0.15) is 5.57 Å². The lowest BCUT2D eigenvalue weighted by atomic mass is 9.82. The van der Waals surface area contributed by atoms with E-state index in [4.69, 9.17) is 4.74 Å². The molecule has 3 rings (SSSR count). The van der Waals surface area contributed by atoms with Gasteiger partial charge in [0.2, 0.25) is 0 Å². The van der Waals surface area contributed by atoms with E-state index < -0.39 is 11.6 Å². The summed E-state index contributed by atoms with van der Waals surface area (Å²) in [5, 5.41) is 10.2. The number of Topliss-reactive ketones (excluding diaryl/α,β-unsaturated/α-hetero) is 1. The third-order valence-electron chi connectivity index (χ3n) is 4.02. The Labute approximate surface area is 99.6 Å². The van der Waals surface area contributed by atoms with Crippen LogP contribution in [0.2, 0.25) is 0 Å². The highest BCUT2D eigenvalue weighted by molar-refractivity contribution is 6.20. The number of ketones is 1. The first-order valence-corrected chi connectivity index (χ1v) is 6.35. The Balaban J connectivity index is 1.94. The van der Waals surface area contributed by atoms with Crippen LogP contribution in [0.5, 0.6) is 0 Å². The van der Waals surface area contributed by atoms with Crippen LogP contribution in [0.1, 0.15) is 44.9 Å². The van der Waals surface area contributed by atoms with E-state index in [1.54, 1.807) is 0 Å². The van der Waals surface area contributed by atoms with Gasteiger partial charge in [-0.3, -0.25) is 4.79 Å². The smallest absolute Gasteiger partial charge is 0.346 e. The van der Waals surface area contributed by atoms with Crippen LogP contribution in [0.3, 0.4) is 0 Å². The van der Waals surface area contributed by atoms with Crippen LogP contribution < -0.4 is 0 Å². The van der Waals surface area contributed by atoms with Crippen LogP contribution in [0.4, 0.5) is 0 Å². The number of hydrogen-bond donors (Lipinski definition) is 1. The van der Waals surface area contributed by atoms with E-state index in [9.17, 15) is 14.7 Å². The van der Waals surface area contributed by atoms with E-state index in [-0.39, 0.29) is 23.0 Å². The molecule has 1 N–H and O–H groups in total. The Bertz CT molecular complexity index is 411. The van der Waals surface area contributed by atoms with Crippen molar-refractivity contribution < 1.29 is 19.4 Å². The van der Waals surface area contributed by atoms with Crippen molar-refractivity contribution >= 4 is 11.8 Å². The molecule has 17 heavy (non-hydrogen) atoms. The van der Waals surface area contributed by atoms with Gasteiger partial charge in [0.15, 0.2) is 17.1 Å². The molecule has 0 aromatic carbocycles. The summed E-state index contributed by atoms with van der Waals surface area (Å²) in [5.41, 5.74) is -0.927. The van der Waals surface area contributed by atoms with Crippen LogP contribution in [-0.2, 0) is 14.3 Å². The first-order valence-electron chi connectivity index (χ1n) is 6.35. The quantitative estimate of drug-likeness (QED) is 0.588. The van der Waals surface area contributed by atoms with Crippen molar-refractivity contribution in [3.05, 3.63) is 11.3 Å². The molecule has 0 aromatic heterocycles. The summed E-state index contributed by atoms with van der Waals surface area (Å²) in [6, 6.07) is 0. The van der Waals surface area contributed by atoms with Crippen molar-refractivity contribution in [1.29, 1.82) is 0 Å². The lowest BCUT2D eigenvalue weighted by Crippen LogP contribution is -2.34. The summed E-state index contributed by atoms with van der Waals surface area (Å²) < 4.78 is 5.33. The second-order valence-corrected chi connectivity index (χ2v) is 5.31. The number of rotatable bonds is 2. The van der Waals surface area contributed by atoms with Gasteiger partial charge in [0, 0.05) is 5.92 Å². The SMILES string of the molecule is O=C1OC2(CCCCC2)C(O)=C1C(=O)C1CC1. The van der Waals surface area contributed by atoms with Crippen LogP contribution >= 0.6 is 0 Å². The number of aliphatic hydroxyl groups excluding tert-OH is 1.